The lowest BCUT2D eigenvalue weighted by molar-refractivity contribution is 0.0262. The third kappa shape index (κ3) is 1.96. The molecule has 1 aliphatic rings. The van der Waals surface area contributed by atoms with E-state index in [1.807, 2.05) is 0 Å². The zero-order valence-electron chi connectivity index (χ0n) is 8.96. The number of aryl methyl sites for hydroxylation is 1. The molecule has 2 rings (SSSR count). The van der Waals surface area contributed by atoms with Gasteiger partial charge in [-0.2, -0.15) is 0 Å². The Morgan fingerprint density at radius 2 is 2.19 bits per heavy atom. The first-order valence-electron chi connectivity index (χ1n) is 5.14. The highest BCUT2D eigenvalue weighted by molar-refractivity contribution is 6.33. The lowest BCUT2D eigenvalue weighted by Gasteiger charge is -2.25. The summed E-state index contributed by atoms with van der Waals surface area (Å²) in [6.07, 6.45) is -0.217. The van der Waals surface area contributed by atoms with E-state index in [2.05, 4.69) is 5.32 Å². The summed E-state index contributed by atoms with van der Waals surface area (Å²) in [6, 6.07) is 1.70. The predicted octanol–water partition coefficient (Wildman–Crippen LogP) is 1.72. The third-order valence-electron chi connectivity index (χ3n) is 2.71. The lowest BCUT2D eigenvalue weighted by Crippen LogP contribution is -2.33. The molecule has 16 heavy (non-hydrogen) atoms. The first-order valence-corrected chi connectivity index (χ1v) is 5.52. The minimum atomic E-state index is -0.217. The number of ether oxygens (including phenoxy) is 1. The SMILES string of the molecule is Cc1cc(C2CNCCO2)c(O)c(Cl)c1O. The second-order valence-corrected chi connectivity index (χ2v) is 4.24. The first kappa shape index (κ1) is 11.5. The summed E-state index contributed by atoms with van der Waals surface area (Å²) in [7, 11) is 0. The number of phenolic OH excluding ortho intramolecular Hbond substituents is 2. The largest absolute Gasteiger partial charge is 0.506 e. The summed E-state index contributed by atoms with van der Waals surface area (Å²) in [5.41, 5.74) is 1.25. The molecule has 1 saturated heterocycles. The van der Waals surface area contributed by atoms with Gasteiger partial charge in [-0.15, -0.1) is 0 Å². The number of aromatic hydroxyl groups is 2. The Kier molecular flexibility index (Phi) is 3.23. The summed E-state index contributed by atoms with van der Waals surface area (Å²) in [4.78, 5) is 0. The molecular weight excluding hydrogens is 230 g/mol. The van der Waals surface area contributed by atoms with E-state index in [0.29, 0.717) is 24.3 Å². The van der Waals surface area contributed by atoms with Crippen LogP contribution < -0.4 is 5.32 Å². The van der Waals surface area contributed by atoms with Gasteiger partial charge < -0.3 is 20.3 Å². The van der Waals surface area contributed by atoms with Gasteiger partial charge in [0.25, 0.3) is 0 Å². The smallest absolute Gasteiger partial charge is 0.143 e. The van der Waals surface area contributed by atoms with Crippen molar-refractivity contribution in [1.82, 2.24) is 5.32 Å². The van der Waals surface area contributed by atoms with Gasteiger partial charge in [-0.05, 0) is 18.6 Å². The standard InChI is InChI=1S/C11H14ClNO3/c1-6-4-7(8-5-13-2-3-16-8)11(15)9(12)10(6)14/h4,8,13-15H,2-3,5H2,1H3. The molecule has 4 nitrogen and oxygen atoms in total. The van der Waals surface area contributed by atoms with Crippen LogP contribution in [0.25, 0.3) is 0 Å². The highest BCUT2D eigenvalue weighted by atomic mass is 35.5. The summed E-state index contributed by atoms with van der Waals surface area (Å²) in [6.45, 7) is 3.78. The van der Waals surface area contributed by atoms with Crippen molar-refractivity contribution in [2.45, 2.75) is 13.0 Å². The minimum absolute atomic E-state index is 0.0100. The summed E-state index contributed by atoms with van der Waals surface area (Å²) >= 11 is 5.83. The van der Waals surface area contributed by atoms with Crippen LogP contribution in [0.3, 0.4) is 0 Å². The van der Waals surface area contributed by atoms with Crippen molar-refractivity contribution < 1.29 is 14.9 Å². The Morgan fingerprint density at radius 3 is 2.81 bits per heavy atom. The summed E-state index contributed by atoms with van der Waals surface area (Å²) < 4.78 is 5.53. The van der Waals surface area contributed by atoms with Gasteiger partial charge in [-0.1, -0.05) is 11.6 Å². The van der Waals surface area contributed by atoms with E-state index in [0.717, 1.165) is 6.54 Å². The van der Waals surface area contributed by atoms with Gasteiger partial charge in [0, 0.05) is 18.7 Å². The van der Waals surface area contributed by atoms with E-state index in [1.165, 1.54) is 0 Å². The number of hydrogen-bond acceptors (Lipinski definition) is 4. The zero-order chi connectivity index (χ0) is 11.7. The molecule has 1 aromatic carbocycles. The normalized spacial score (nSPS) is 21.0. The Bertz CT molecular complexity index is 403. The van der Waals surface area contributed by atoms with E-state index < -0.39 is 0 Å². The molecule has 1 aromatic rings. The topological polar surface area (TPSA) is 61.7 Å². The van der Waals surface area contributed by atoms with Crippen molar-refractivity contribution in [3.05, 3.63) is 22.2 Å². The first-order chi connectivity index (χ1) is 7.61. The van der Waals surface area contributed by atoms with Gasteiger partial charge in [0.05, 0.1) is 12.7 Å². The Balaban J connectivity index is 2.40. The fourth-order valence-corrected chi connectivity index (χ4v) is 2.05. The van der Waals surface area contributed by atoms with Crippen molar-refractivity contribution in [1.29, 1.82) is 0 Å². The highest BCUT2D eigenvalue weighted by Gasteiger charge is 2.23. The number of nitrogens with one attached hydrogen (secondary N) is 1. The van der Waals surface area contributed by atoms with E-state index in [1.54, 1.807) is 13.0 Å². The Morgan fingerprint density at radius 1 is 1.44 bits per heavy atom. The predicted molar refractivity (Wildman–Crippen MR) is 61.1 cm³/mol. The van der Waals surface area contributed by atoms with Crippen LogP contribution in [0.4, 0.5) is 0 Å². The van der Waals surface area contributed by atoms with Crippen molar-refractivity contribution >= 4 is 11.6 Å². The van der Waals surface area contributed by atoms with Crippen LogP contribution in [0.2, 0.25) is 5.02 Å². The van der Waals surface area contributed by atoms with Crippen molar-refractivity contribution in [2.24, 2.45) is 0 Å². The van der Waals surface area contributed by atoms with E-state index in [4.69, 9.17) is 16.3 Å². The van der Waals surface area contributed by atoms with Gasteiger partial charge in [-0.3, -0.25) is 0 Å². The van der Waals surface area contributed by atoms with Gasteiger partial charge in [-0.25, -0.2) is 0 Å². The van der Waals surface area contributed by atoms with Crippen LogP contribution in [-0.4, -0.2) is 29.9 Å². The van der Waals surface area contributed by atoms with Crippen LogP contribution in [-0.2, 0) is 4.74 Å². The zero-order valence-corrected chi connectivity index (χ0v) is 9.71. The van der Waals surface area contributed by atoms with Crippen molar-refractivity contribution in [2.75, 3.05) is 19.7 Å². The molecule has 0 spiro atoms. The molecule has 0 radical (unpaired) electrons. The van der Waals surface area contributed by atoms with E-state index >= 15 is 0 Å². The number of rotatable bonds is 1. The Labute approximate surface area is 98.8 Å². The summed E-state index contributed by atoms with van der Waals surface area (Å²) in [5.74, 6) is -0.176. The molecule has 3 N–H and O–H groups in total. The maximum atomic E-state index is 9.86. The second kappa shape index (κ2) is 4.49. The fraction of sp³-hybridized carbons (Fsp3) is 0.455. The van der Waals surface area contributed by atoms with E-state index in [-0.39, 0.29) is 22.6 Å². The summed E-state index contributed by atoms with van der Waals surface area (Å²) in [5, 5.41) is 22.6. The fourth-order valence-electron chi connectivity index (χ4n) is 1.79. The molecule has 88 valence electrons. The number of morpholine rings is 1. The van der Waals surface area contributed by atoms with Gasteiger partial charge in [0.1, 0.15) is 16.5 Å². The second-order valence-electron chi connectivity index (χ2n) is 3.86. The molecule has 0 bridgehead atoms. The number of hydrogen-bond donors (Lipinski definition) is 3. The molecule has 1 fully saturated rings. The highest BCUT2D eigenvalue weighted by Crippen LogP contribution is 2.41. The lowest BCUT2D eigenvalue weighted by atomic mass is 10.0. The molecule has 1 unspecified atom stereocenters. The molecule has 5 heteroatoms. The molecule has 1 aliphatic heterocycles. The van der Waals surface area contributed by atoms with Crippen LogP contribution in [0.5, 0.6) is 11.5 Å². The maximum absolute atomic E-state index is 9.86. The maximum Gasteiger partial charge on any atom is 0.143 e. The molecule has 0 amide bonds. The van der Waals surface area contributed by atoms with Crippen LogP contribution in [0, 0.1) is 6.92 Å². The van der Waals surface area contributed by atoms with Crippen molar-refractivity contribution in [3.8, 4) is 11.5 Å². The average molecular weight is 244 g/mol. The van der Waals surface area contributed by atoms with Crippen molar-refractivity contribution in [3.63, 3.8) is 0 Å². The molecule has 0 aliphatic carbocycles. The minimum Gasteiger partial charge on any atom is -0.506 e. The number of halogens is 1. The van der Waals surface area contributed by atoms with Crippen LogP contribution in [0.15, 0.2) is 6.07 Å². The average Bonchev–Trinajstić information content (AvgIpc) is 2.32. The molecule has 0 saturated carbocycles. The molecule has 0 aromatic heterocycles. The quantitative estimate of drug-likeness (QED) is 0.703. The van der Waals surface area contributed by atoms with Gasteiger partial charge in [0.15, 0.2) is 0 Å². The van der Waals surface area contributed by atoms with Crippen LogP contribution in [0.1, 0.15) is 17.2 Å². The number of phenols is 2. The third-order valence-corrected chi connectivity index (χ3v) is 3.07. The van der Waals surface area contributed by atoms with Crippen LogP contribution >= 0.6 is 11.6 Å². The monoisotopic (exact) mass is 243 g/mol. The molecular formula is C11H14ClNO3. The van der Waals surface area contributed by atoms with E-state index in [9.17, 15) is 10.2 Å². The molecule has 1 heterocycles. The van der Waals surface area contributed by atoms with Gasteiger partial charge >= 0.3 is 0 Å². The van der Waals surface area contributed by atoms with Gasteiger partial charge in [0.2, 0.25) is 0 Å². The molecule has 1 atom stereocenters. The number of benzene rings is 1. The Hall–Kier alpha value is -0.970.